The van der Waals surface area contributed by atoms with Gasteiger partial charge in [0.2, 0.25) is 5.91 Å². The Morgan fingerprint density at radius 1 is 0.792 bits per heavy atom. The fourth-order valence-electron chi connectivity index (χ4n) is 2.09. The van der Waals surface area contributed by atoms with Crippen LogP contribution in [0.2, 0.25) is 0 Å². The molecule has 0 unspecified atom stereocenters. The first-order valence-electron chi connectivity index (χ1n) is 7.19. The third kappa shape index (κ3) is 4.64. The minimum atomic E-state index is -0.415. The molecule has 0 aromatic heterocycles. The Kier molecular flexibility index (Phi) is 5.62. The Balaban J connectivity index is 2.04. The molecule has 7 heteroatoms. The largest absolute Gasteiger partial charge is 0.493 e. The number of urea groups is 1. The highest BCUT2D eigenvalue weighted by molar-refractivity contribution is 6.00. The summed E-state index contributed by atoms with van der Waals surface area (Å²) in [5, 5.41) is 8.06. The third-order valence-corrected chi connectivity index (χ3v) is 3.08. The summed E-state index contributed by atoms with van der Waals surface area (Å²) in [6.07, 6.45) is 0. The van der Waals surface area contributed by atoms with E-state index >= 15 is 0 Å². The van der Waals surface area contributed by atoms with Crippen molar-refractivity contribution in [2.24, 2.45) is 0 Å². The number of carbonyl (C=O) groups excluding carboxylic acids is 2. The lowest BCUT2D eigenvalue weighted by atomic mass is 10.2. The van der Waals surface area contributed by atoms with Crippen LogP contribution in [0.25, 0.3) is 0 Å². The molecule has 126 valence electrons. The van der Waals surface area contributed by atoms with Gasteiger partial charge in [-0.1, -0.05) is 6.07 Å². The number of benzene rings is 2. The molecule has 2 aromatic rings. The molecule has 0 atom stereocenters. The molecule has 0 aliphatic rings. The van der Waals surface area contributed by atoms with E-state index < -0.39 is 6.03 Å². The fourth-order valence-corrected chi connectivity index (χ4v) is 2.09. The van der Waals surface area contributed by atoms with Gasteiger partial charge in [0.15, 0.2) is 11.5 Å². The molecule has 3 amide bonds. The first-order valence-corrected chi connectivity index (χ1v) is 7.19. The molecule has 0 aliphatic heterocycles. The van der Waals surface area contributed by atoms with Crippen LogP contribution in [0.1, 0.15) is 6.92 Å². The van der Waals surface area contributed by atoms with Crippen LogP contribution in [0.5, 0.6) is 11.5 Å². The summed E-state index contributed by atoms with van der Waals surface area (Å²) in [5.41, 5.74) is 1.72. The molecular weight excluding hydrogens is 310 g/mol. The normalized spacial score (nSPS) is 9.79. The van der Waals surface area contributed by atoms with Gasteiger partial charge in [-0.2, -0.15) is 0 Å². The van der Waals surface area contributed by atoms with Gasteiger partial charge in [0.1, 0.15) is 0 Å². The number of methoxy groups -OCH3 is 2. The van der Waals surface area contributed by atoms with E-state index in [1.165, 1.54) is 14.0 Å². The van der Waals surface area contributed by atoms with Gasteiger partial charge >= 0.3 is 6.03 Å². The molecule has 7 nitrogen and oxygen atoms in total. The van der Waals surface area contributed by atoms with Crippen LogP contribution in [0.15, 0.2) is 42.5 Å². The van der Waals surface area contributed by atoms with Crippen molar-refractivity contribution < 1.29 is 19.1 Å². The van der Waals surface area contributed by atoms with E-state index in [1.807, 2.05) is 0 Å². The highest BCUT2D eigenvalue weighted by Crippen LogP contribution is 2.29. The summed E-state index contributed by atoms with van der Waals surface area (Å²) in [6.45, 7) is 1.42. The van der Waals surface area contributed by atoms with Gasteiger partial charge in [-0.25, -0.2) is 4.79 Å². The SMILES string of the molecule is COc1ccc(NC(=O)Nc2cccc(NC(C)=O)c2)cc1OC. The second kappa shape index (κ2) is 7.87. The summed E-state index contributed by atoms with van der Waals surface area (Å²) >= 11 is 0. The lowest BCUT2D eigenvalue weighted by molar-refractivity contribution is -0.114. The number of nitrogens with one attached hydrogen (secondary N) is 3. The van der Waals surface area contributed by atoms with Crippen LogP contribution in [-0.2, 0) is 4.79 Å². The minimum absolute atomic E-state index is 0.179. The van der Waals surface area contributed by atoms with Crippen LogP contribution in [0, 0.1) is 0 Å². The molecule has 0 saturated heterocycles. The van der Waals surface area contributed by atoms with E-state index in [0.29, 0.717) is 28.6 Å². The summed E-state index contributed by atoms with van der Waals surface area (Å²) in [5.74, 6) is 0.913. The third-order valence-electron chi connectivity index (χ3n) is 3.08. The maximum Gasteiger partial charge on any atom is 0.323 e. The number of hydrogen-bond acceptors (Lipinski definition) is 4. The van der Waals surface area contributed by atoms with Crippen LogP contribution >= 0.6 is 0 Å². The maximum absolute atomic E-state index is 12.1. The maximum atomic E-state index is 12.1. The average Bonchev–Trinajstić information content (AvgIpc) is 2.54. The van der Waals surface area contributed by atoms with Gasteiger partial charge < -0.3 is 25.4 Å². The molecule has 0 heterocycles. The Bertz CT molecular complexity index is 746. The Hall–Kier alpha value is -3.22. The molecule has 0 saturated carbocycles. The van der Waals surface area contributed by atoms with E-state index in [-0.39, 0.29) is 5.91 Å². The van der Waals surface area contributed by atoms with Gasteiger partial charge in [-0.05, 0) is 30.3 Å². The first-order chi connectivity index (χ1) is 11.5. The molecule has 0 aliphatic carbocycles. The molecular formula is C17H19N3O4. The number of anilines is 3. The molecule has 2 aromatic carbocycles. The zero-order valence-corrected chi connectivity index (χ0v) is 13.7. The van der Waals surface area contributed by atoms with E-state index in [0.717, 1.165) is 0 Å². The lowest BCUT2D eigenvalue weighted by Crippen LogP contribution is -2.19. The molecule has 24 heavy (non-hydrogen) atoms. The second-order valence-corrected chi connectivity index (χ2v) is 4.91. The zero-order chi connectivity index (χ0) is 17.5. The van der Waals surface area contributed by atoms with Crippen molar-refractivity contribution in [3.8, 4) is 11.5 Å². The Morgan fingerprint density at radius 2 is 1.38 bits per heavy atom. The first kappa shape index (κ1) is 17.1. The van der Waals surface area contributed by atoms with Crippen molar-refractivity contribution in [2.75, 3.05) is 30.2 Å². The second-order valence-electron chi connectivity index (χ2n) is 4.91. The van der Waals surface area contributed by atoms with Crippen LogP contribution < -0.4 is 25.4 Å². The van der Waals surface area contributed by atoms with Crippen molar-refractivity contribution in [1.82, 2.24) is 0 Å². The number of rotatable bonds is 5. The van der Waals surface area contributed by atoms with Crippen LogP contribution in [-0.4, -0.2) is 26.2 Å². The van der Waals surface area contributed by atoms with Crippen molar-refractivity contribution in [3.05, 3.63) is 42.5 Å². The predicted molar refractivity (Wildman–Crippen MR) is 92.9 cm³/mol. The van der Waals surface area contributed by atoms with E-state index in [1.54, 1.807) is 49.6 Å². The Morgan fingerprint density at radius 3 is 1.96 bits per heavy atom. The van der Waals surface area contributed by atoms with Crippen molar-refractivity contribution in [2.45, 2.75) is 6.92 Å². The summed E-state index contributed by atoms with van der Waals surface area (Å²) in [4.78, 5) is 23.2. The summed E-state index contributed by atoms with van der Waals surface area (Å²) in [7, 11) is 3.06. The van der Waals surface area contributed by atoms with Gasteiger partial charge in [0.25, 0.3) is 0 Å². The molecule has 0 spiro atoms. The molecule has 0 bridgehead atoms. The minimum Gasteiger partial charge on any atom is -0.493 e. The predicted octanol–water partition coefficient (Wildman–Crippen LogP) is 3.31. The fraction of sp³-hybridized carbons (Fsp3) is 0.176. The van der Waals surface area contributed by atoms with E-state index in [4.69, 9.17) is 9.47 Å². The smallest absolute Gasteiger partial charge is 0.323 e. The highest BCUT2D eigenvalue weighted by Gasteiger charge is 2.08. The molecule has 0 fully saturated rings. The number of hydrogen-bond donors (Lipinski definition) is 3. The van der Waals surface area contributed by atoms with Crippen molar-refractivity contribution in [3.63, 3.8) is 0 Å². The van der Waals surface area contributed by atoms with E-state index in [2.05, 4.69) is 16.0 Å². The monoisotopic (exact) mass is 329 g/mol. The van der Waals surface area contributed by atoms with Gasteiger partial charge in [-0.15, -0.1) is 0 Å². The zero-order valence-electron chi connectivity index (χ0n) is 13.7. The van der Waals surface area contributed by atoms with Crippen molar-refractivity contribution in [1.29, 1.82) is 0 Å². The molecule has 2 rings (SSSR count). The average molecular weight is 329 g/mol. The van der Waals surface area contributed by atoms with Crippen LogP contribution in [0.4, 0.5) is 21.9 Å². The lowest BCUT2D eigenvalue weighted by Gasteiger charge is -2.12. The van der Waals surface area contributed by atoms with Crippen molar-refractivity contribution >= 4 is 29.0 Å². The quantitative estimate of drug-likeness (QED) is 0.785. The molecule has 3 N–H and O–H groups in total. The number of carbonyl (C=O) groups is 2. The standard InChI is InChI=1S/C17H19N3O4/c1-11(21)18-12-5-4-6-13(9-12)19-17(22)20-14-7-8-15(23-2)16(10-14)24-3/h4-10H,1-3H3,(H,18,21)(H2,19,20,22). The summed E-state index contributed by atoms with van der Waals surface area (Å²) in [6, 6.07) is 11.5. The number of ether oxygens (including phenoxy) is 2. The Labute approximate surface area is 140 Å². The molecule has 0 radical (unpaired) electrons. The van der Waals surface area contributed by atoms with Gasteiger partial charge in [-0.3, -0.25) is 4.79 Å². The van der Waals surface area contributed by atoms with E-state index in [9.17, 15) is 9.59 Å². The van der Waals surface area contributed by atoms with Gasteiger partial charge in [0.05, 0.1) is 14.2 Å². The number of amides is 3. The topological polar surface area (TPSA) is 88.7 Å². The highest BCUT2D eigenvalue weighted by atomic mass is 16.5. The van der Waals surface area contributed by atoms with Crippen LogP contribution in [0.3, 0.4) is 0 Å². The summed E-state index contributed by atoms with van der Waals surface area (Å²) < 4.78 is 10.3. The van der Waals surface area contributed by atoms with Gasteiger partial charge in [0, 0.05) is 30.1 Å².